The maximum Gasteiger partial charge on any atom is 0.313 e. The molecule has 2 atom stereocenters. The van der Waals surface area contributed by atoms with E-state index in [1.54, 1.807) is 0 Å². The number of carboxylic acids is 1. The van der Waals surface area contributed by atoms with E-state index in [9.17, 15) is 23.5 Å². The summed E-state index contributed by atoms with van der Waals surface area (Å²) in [6.07, 6.45) is 0. The summed E-state index contributed by atoms with van der Waals surface area (Å²) >= 11 is 0. The van der Waals surface area contributed by atoms with Crippen molar-refractivity contribution in [1.82, 2.24) is 9.80 Å². The Hall–Kier alpha value is -2.26. The molecule has 1 aromatic rings. The molecule has 0 bridgehead atoms. The van der Waals surface area contributed by atoms with Crippen molar-refractivity contribution >= 4 is 11.9 Å². The van der Waals surface area contributed by atoms with E-state index in [0.717, 1.165) is 6.07 Å². The van der Waals surface area contributed by atoms with Crippen molar-refractivity contribution in [2.24, 2.45) is 11.3 Å². The number of carbonyl (C=O) groups excluding carboxylic acids is 1. The first kappa shape index (κ1) is 19.5. The summed E-state index contributed by atoms with van der Waals surface area (Å²) in [4.78, 5) is 27.4. The molecule has 0 radical (unpaired) electrons. The number of carboxylic acid groups (broad SMARTS) is 1. The summed E-state index contributed by atoms with van der Waals surface area (Å²) in [5.41, 5.74) is -0.856. The SMILES string of the molecule is COCC(=O)N1C[C@@H]2CN(Cc3ccc(F)c(OC)c3F)C[C@]2(C(=O)O)C1. The minimum absolute atomic E-state index is 0.0906. The Morgan fingerprint density at radius 2 is 2.00 bits per heavy atom. The van der Waals surface area contributed by atoms with E-state index in [4.69, 9.17) is 9.47 Å². The third-order valence-corrected chi connectivity index (χ3v) is 5.45. The van der Waals surface area contributed by atoms with Gasteiger partial charge in [0.15, 0.2) is 17.4 Å². The Morgan fingerprint density at radius 1 is 1.26 bits per heavy atom. The van der Waals surface area contributed by atoms with Gasteiger partial charge < -0.3 is 19.5 Å². The van der Waals surface area contributed by atoms with Gasteiger partial charge in [0.2, 0.25) is 5.91 Å². The molecule has 0 spiro atoms. The van der Waals surface area contributed by atoms with Crippen LogP contribution in [0.3, 0.4) is 0 Å². The number of benzene rings is 1. The van der Waals surface area contributed by atoms with Gasteiger partial charge in [-0.15, -0.1) is 0 Å². The van der Waals surface area contributed by atoms with Crippen LogP contribution < -0.4 is 4.74 Å². The number of hydrogen-bond donors (Lipinski definition) is 1. The normalized spacial score (nSPS) is 24.9. The number of methoxy groups -OCH3 is 2. The Bertz CT molecular complexity index is 760. The maximum absolute atomic E-state index is 14.4. The largest absolute Gasteiger partial charge is 0.491 e. The number of aliphatic carboxylic acids is 1. The zero-order chi connectivity index (χ0) is 19.8. The molecule has 2 saturated heterocycles. The van der Waals surface area contributed by atoms with Gasteiger partial charge in [0, 0.05) is 51.3 Å². The van der Waals surface area contributed by atoms with Crippen LogP contribution >= 0.6 is 0 Å². The highest BCUT2D eigenvalue weighted by molar-refractivity contribution is 5.82. The van der Waals surface area contributed by atoms with Crippen LogP contribution in [0.25, 0.3) is 0 Å². The lowest BCUT2D eigenvalue weighted by Crippen LogP contribution is -2.42. The molecular formula is C18H22F2N2O5. The predicted molar refractivity (Wildman–Crippen MR) is 90.2 cm³/mol. The van der Waals surface area contributed by atoms with Crippen LogP contribution in [0.4, 0.5) is 8.78 Å². The summed E-state index contributed by atoms with van der Waals surface area (Å²) in [7, 11) is 2.60. The standard InChI is InChI=1S/C18H22F2N2O5/c1-26-8-14(23)22-7-12-6-21(9-18(12,10-22)17(24)25)5-11-3-4-13(19)16(27-2)15(11)20/h3-4,12H,5-10H2,1-2H3,(H,24,25)/t12-,18-/m0/s1. The molecular weight excluding hydrogens is 362 g/mol. The molecule has 0 aromatic heterocycles. The molecule has 27 heavy (non-hydrogen) atoms. The van der Waals surface area contributed by atoms with Crippen LogP contribution in [0.1, 0.15) is 5.56 Å². The van der Waals surface area contributed by atoms with Crippen LogP contribution in [-0.2, 0) is 20.9 Å². The number of ether oxygens (including phenoxy) is 2. The predicted octanol–water partition coefficient (Wildman–Crippen LogP) is 0.965. The molecule has 3 rings (SSSR count). The van der Waals surface area contributed by atoms with Gasteiger partial charge >= 0.3 is 5.97 Å². The monoisotopic (exact) mass is 384 g/mol. The fraction of sp³-hybridized carbons (Fsp3) is 0.556. The number of amides is 1. The first-order valence-corrected chi connectivity index (χ1v) is 8.55. The highest BCUT2D eigenvalue weighted by Gasteiger charge is 2.58. The van der Waals surface area contributed by atoms with Crippen LogP contribution in [0.15, 0.2) is 12.1 Å². The number of carbonyl (C=O) groups is 2. The van der Waals surface area contributed by atoms with E-state index in [1.165, 1.54) is 25.2 Å². The molecule has 0 unspecified atom stereocenters. The van der Waals surface area contributed by atoms with E-state index in [-0.39, 0.29) is 43.6 Å². The van der Waals surface area contributed by atoms with Gasteiger partial charge in [-0.05, 0) is 6.07 Å². The van der Waals surface area contributed by atoms with Crippen molar-refractivity contribution in [3.05, 3.63) is 29.3 Å². The molecule has 2 aliphatic rings. The molecule has 0 saturated carbocycles. The highest BCUT2D eigenvalue weighted by atomic mass is 19.1. The molecule has 9 heteroatoms. The number of rotatable bonds is 6. The van der Waals surface area contributed by atoms with Gasteiger partial charge in [-0.3, -0.25) is 14.5 Å². The van der Waals surface area contributed by atoms with E-state index >= 15 is 0 Å². The molecule has 2 heterocycles. The second-order valence-corrected chi connectivity index (χ2v) is 7.09. The molecule has 2 aliphatic heterocycles. The van der Waals surface area contributed by atoms with Gasteiger partial charge in [0.05, 0.1) is 7.11 Å². The summed E-state index contributed by atoms with van der Waals surface area (Å²) in [5.74, 6) is -3.49. The van der Waals surface area contributed by atoms with Crippen LogP contribution in [0, 0.1) is 23.0 Å². The average molecular weight is 384 g/mol. The summed E-state index contributed by atoms with van der Waals surface area (Å²) in [6, 6.07) is 2.47. The highest BCUT2D eigenvalue weighted by Crippen LogP contribution is 2.43. The molecule has 7 nitrogen and oxygen atoms in total. The quantitative estimate of drug-likeness (QED) is 0.787. The third kappa shape index (κ3) is 3.37. The third-order valence-electron chi connectivity index (χ3n) is 5.45. The van der Waals surface area contributed by atoms with Crippen molar-refractivity contribution < 1.29 is 33.0 Å². The fourth-order valence-electron chi connectivity index (χ4n) is 4.12. The lowest BCUT2D eigenvalue weighted by molar-refractivity contribution is -0.149. The second kappa shape index (κ2) is 7.40. The smallest absolute Gasteiger partial charge is 0.313 e. The van der Waals surface area contributed by atoms with E-state index in [1.807, 2.05) is 4.90 Å². The zero-order valence-electron chi connectivity index (χ0n) is 15.2. The van der Waals surface area contributed by atoms with Crippen LogP contribution in [-0.4, -0.2) is 73.8 Å². The van der Waals surface area contributed by atoms with Crippen molar-refractivity contribution in [2.45, 2.75) is 6.54 Å². The zero-order valence-corrected chi connectivity index (χ0v) is 15.2. The van der Waals surface area contributed by atoms with Crippen molar-refractivity contribution in [3.8, 4) is 5.75 Å². The Kier molecular flexibility index (Phi) is 5.34. The summed E-state index contributed by atoms with van der Waals surface area (Å²) in [6.45, 7) is 1.05. The molecule has 0 aliphatic carbocycles. The van der Waals surface area contributed by atoms with Gasteiger partial charge in [-0.25, -0.2) is 8.78 Å². The molecule has 2 fully saturated rings. The maximum atomic E-state index is 14.4. The lowest BCUT2D eigenvalue weighted by Gasteiger charge is -2.25. The van der Waals surface area contributed by atoms with E-state index in [2.05, 4.69) is 0 Å². The Balaban J connectivity index is 1.76. The van der Waals surface area contributed by atoms with Crippen molar-refractivity contribution in [1.29, 1.82) is 0 Å². The molecule has 1 aromatic carbocycles. The van der Waals surface area contributed by atoms with Crippen molar-refractivity contribution in [3.63, 3.8) is 0 Å². The molecule has 1 amide bonds. The van der Waals surface area contributed by atoms with Gasteiger partial charge in [0.25, 0.3) is 0 Å². The second-order valence-electron chi connectivity index (χ2n) is 7.09. The number of halogens is 2. The number of fused-ring (bicyclic) bond motifs is 1. The molecule has 148 valence electrons. The van der Waals surface area contributed by atoms with Gasteiger partial charge in [0.1, 0.15) is 12.0 Å². The molecule has 1 N–H and O–H groups in total. The Morgan fingerprint density at radius 3 is 2.59 bits per heavy atom. The lowest BCUT2D eigenvalue weighted by atomic mass is 9.81. The average Bonchev–Trinajstić information content (AvgIpc) is 3.13. The number of nitrogens with zero attached hydrogens (tertiary/aromatic N) is 2. The first-order valence-electron chi connectivity index (χ1n) is 8.55. The van der Waals surface area contributed by atoms with Gasteiger partial charge in [-0.1, -0.05) is 6.07 Å². The minimum Gasteiger partial charge on any atom is -0.491 e. The summed E-state index contributed by atoms with van der Waals surface area (Å²) in [5, 5.41) is 9.82. The van der Waals surface area contributed by atoms with Crippen LogP contribution in [0.5, 0.6) is 5.75 Å². The number of likely N-dealkylation sites (tertiary alicyclic amines) is 2. The van der Waals surface area contributed by atoms with Crippen molar-refractivity contribution in [2.75, 3.05) is 47.0 Å². The van der Waals surface area contributed by atoms with Crippen LogP contribution in [0.2, 0.25) is 0 Å². The Labute approximate surface area is 155 Å². The first-order chi connectivity index (χ1) is 12.8. The topological polar surface area (TPSA) is 79.3 Å². The summed E-state index contributed by atoms with van der Waals surface area (Å²) < 4.78 is 37.6. The fourth-order valence-corrected chi connectivity index (χ4v) is 4.12. The van der Waals surface area contributed by atoms with E-state index < -0.39 is 28.8 Å². The van der Waals surface area contributed by atoms with Gasteiger partial charge in [-0.2, -0.15) is 0 Å². The van der Waals surface area contributed by atoms with E-state index in [0.29, 0.717) is 13.1 Å². The number of hydrogen-bond acceptors (Lipinski definition) is 5. The minimum atomic E-state index is -1.09.